The van der Waals surface area contributed by atoms with Crippen LogP contribution in [0.5, 0.6) is 0 Å². The third-order valence-electron chi connectivity index (χ3n) is 2.50. The van der Waals surface area contributed by atoms with Crippen LogP contribution in [0, 0.1) is 0 Å². The lowest BCUT2D eigenvalue weighted by molar-refractivity contribution is 0.00668. The van der Waals surface area contributed by atoms with Gasteiger partial charge in [-0.25, -0.2) is 0 Å². The fraction of sp³-hybridized carbons (Fsp3) is 0.455. The van der Waals surface area contributed by atoms with Gasteiger partial charge in [0.05, 0.1) is 6.10 Å². The fourth-order valence-electron chi connectivity index (χ4n) is 1.72. The van der Waals surface area contributed by atoms with Crippen molar-refractivity contribution in [3.8, 4) is 0 Å². The van der Waals surface area contributed by atoms with E-state index in [1.807, 2.05) is 18.2 Å². The SMILES string of the molecule is Cl.N[C@H]1CCO[C@H](c2ccccc2)C1. The highest BCUT2D eigenvalue weighted by atomic mass is 35.5. The Bertz CT molecular complexity index is 265. The number of halogens is 1. The van der Waals surface area contributed by atoms with E-state index < -0.39 is 0 Å². The van der Waals surface area contributed by atoms with Gasteiger partial charge in [-0.1, -0.05) is 30.3 Å². The highest BCUT2D eigenvalue weighted by molar-refractivity contribution is 5.85. The van der Waals surface area contributed by atoms with E-state index >= 15 is 0 Å². The Hall–Kier alpha value is -0.570. The first-order chi connectivity index (χ1) is 6.36. The number of nitrogens with two attached hydrogens (primary N) is 1. The molecule has 0 amide bonds. The van der Waals surface area contributed by atoms with E-state index in [9.17, 15) is 0 Å². The Morgan fingerprint density at radius 1 is 1.21 bits per heavy atom. The third kappa shape index (κ3) is 2.71. The summed E-state index contributed by atoms with van der Waals surface area (Å²) in [5, 5.41) is 0. The molecule has 14 heavy (non-hydrogen) atoms. The van der Waals surface area contributed by atoms with Gasteiger partial charge in [0.15, 0.2) is 0 Å². The van der Waals surface area contributed by atoms with Crippen molar-refractivity contribution in [2.24, 2.45) is 5.73 Å². The van der Waals surface area contributed by atoms with Crippen LogP contribution in [0.15, 0.2) is 30.3 Å². The molecule has 2 rings (SSSR count). The predicted octanol–water partition coefficient (Wildman–Crippen LogP) is 2.29. The molecule has 3 heteroatoms. The molecular formula is C11H16ClNO. The molecule has 0 unspecified atom stereocenters. The van der Waals surface area contributed by atoms with Gasteiger partial charge in [0, 0.05) is 12.6 Å². The number of benzene rings is 1. The molecule has 1 heterocycles. The van der Waals surface area contributed by atoms with E-state index in [-0.39, 0.29) is 18.5 Å². The summed E-state index contributed by atoms with van der Waals surface area (Å²) in [6.45, 7) is 0.792. The average Bonchev–Trinajstić information content (AvgIpc) is 2.19. The molecule has 1 aliphatic heterocycles. The molecule has 0 bridgehead atoms. The molecule has 2 N–H and O–H groups in total. The molecule has 1 saturated heterocycles. The number of hydrogen-bond donors (Lipinski definition) is 1. The second kappa shape index (κ2) is 5.35. The smallest absolute Gasteiger partial charge is 0.0839 e. The largest absolute Gasteiger partial charge is 0.373 e. The first kappa shape index (κ1) is 11.5. The van der Waals surface area contributed by atoms with Gasteiger partial charge in [-0.15, -0.1) is 12.4 Å². The summed E-state index contributed by atoms with van der Waals surface area (Å²) in [6.07, 6.45) is 2.15. The molecule has 1 aromatic rings. The van der Waals surface area contributed by atoms with Crippen LogP contribution in [0.3, 0.4) is 0 Å². The fourth-order valence-corrected chi connectivity index (χ4v) is 1.72. The standard InChI is InChI=1S/C11H15NO.ClH/c12-10-6-7-13-11(8-10)9-4-2-1-3-5-9;/h1-5,10-11H,6-8,12H2;1H/t10-,11-;/m0./s1. The van der Waals surface area contributed by atoms with E-state index in [1.165, 1.54) is 5.56 Å². The van der Waals surface area contributed by atoms with Crippen LogP contribution >= 0.6 is 12.4 Å². The zero-order valence-corrected chi connectivity index (χ0v) is 8.87. The van der Waals surface area contributed by atoms with Gasteiger partial charge in [-0.05, 0) is 18.4 Å². The van der Waals surface area contributed by atoms with Crippen LogP contribution < -0.4 is 5.73 Å². The van der Waals surface area contributed by atoms with Crippen LogP contribution in [0.2, 0.25) is 0 Å². The van der Waals surface area contributed by atoms with Crippen molar-refractivity contribution in [3.63, 3.8) is 0 Å². The van der Waals surface area contributed by atoms with Crippen LogP contribution in [0.1, 0.15) is 24.5 Å². The van der Waals surface area contributed by atoms with E-state index in [0.717, 1.165) is 19.4 Å². The van der Waals surface area contributed by atoms with Crippen LogP contribution in [0.4, 0.5) is 0 Å². The lowest BCUT2D eigenvalue weighted by atomic mass is 9.98. The minimum atomic E-state index is 0. The van der Waals surface area contributed by atoms with Gasteiger partial charge in [-0.2, -0.15) is 0 Å². The van der Waals surface area contributed by atoms with Crippen molar-refractivity contribution in [2.45, 2.75) is 25.0 Å². The van der Waals surface area contributed by atoms with E-state index in [0.29, 0.717) is 6.04 Å². The molecule has 1 aromatic carbocycles. The van der Waals surface area contributed by atoms with Gasteiger partial charge >= 0.3 is 0 Å². The van der Waals surface area contributed by atoms with Crippen molar-refractivity contribution in [1.29, 1.82) is 0 Å². The van der Waals surface area contributed by atoms with Gasteiger partial charge in [-0.3, -0.25) is 0 Å². The van der Waals surface area contributed by atoms with Crippen molar-refractivity contribution >= 4 is 12.4 Å². The quantitative estimate of drug-likeness (QED) is 0.777. The summed E-state index contributed by atoms with van der Waals surface area (Å²) < 4.78 is 5.65. The minimum absolute atomic E-state index is 0. The van der Waals surface area contributed by atoms with Crippen LogP contribution in [0.25, 0.3) is 0 Å². The van der Waals surface area contributed by atoms with Gasteiger partial charge in [0.1, 0.15) is 0 Å². The summed E-state index contributed by atoms with van der Waals surface area (Å²) in [5.41, 5.74) is 7.13. The molecule has 0 aliphatic carbocycles. The highest BCUT2D eigenvalue weighted by Gasteiger charge is 2.20. The van der Waals surface area contributed by atoms with Gasteiger partial charge in [0.2, 0.25) is 0 Å². The highest BCUT2D eigenvalue weighted by Crippen LogP contribution is 2.26. The normalized spacial score (nSPS) is 26.6. The summed E-state index contributed by atoms with van der Waals surface area (Å²) >= 11 is 0. The maximum absolute atomic E-state index is 5.88. The molecule has 1 aliphatic rings. The Morgan fingerprint density at radius 3 is 2.57 bits per heavy atom. The Balaban J connectivity index is 0.000000980. The second-order valence-corrected chi connectivity index (χ2v) is 3.55. The van der Waals surface area contributed by atoms with E-state index in [1.54, 1.807) is 0 Å². The summed E-state index contributed by atoms with van der Waals surface area (Å²) in [4.78, 5) is 0. The maximum Gasteiger partial charge on any atom is 0.0839 e. The van der Waals surface area contributed by atoms with Gasteiger partial charge in [0.25, 0.3) is 0 Å². The maximum atomic E-state index is 5.88. The topological polar surface area (TPSA) is 35.2 Å². The Kier molecular flexibility index (Phi) is 4.39. The van der Waals surface area contributed by atoms with E-state index in [2.05, 4.69) is 12.1 Å². The minimum Gasteiger partial charge on any atom is -0.373 e. The summed E-state index contributed by atoms with van der Waals surface area (Å²) in [5.74, 6) is 0. The van der Waals surface area contributed by atoms with Crippen molar-refractivity contribution in [2.75, 3.05) is 6.61 Å². The molecule has 2 nitrogen and oxygen atoms in total. The summed E-state index contributed by atoms with van der Waals surface area (Å²) in [7, 11) is 0. The molecule has 0 spiro atoms. The monoisotopic (exact) mass is 213 g/mol. The zero-order chi connectivity index (χ0) is 9.10. The number of hydrogen-bond acceptors (Lipinski definition) is 2. The first-order valence-corrected chi connectivity index (χ1v) is 4.78. The molecule has 78 valence electrons. The first-order valence-electron chi connectivity index (χ1n) is 4.78. The lowest BCUT2D eigenvalue weighted by Crippen LogP contribution is -2.30. The van der Waals surface area contributed by atoms with E-state index in [4.69, 9.17) is 10.5 Å². The average molecular weight is 214 g/mol. The molecule has 2 atom stereocenters. The van der Waals surface area contributed by atoms with Crippen molar-refractivity contribution in [3.05, 3.63) is 35.9 Å². The van der Waals surface area contributed by atoms with Crippen molar-refractivity contribution in [1.82, 2.24) is 0 Å². The number of rotatable bonds is 1. The molecule has 0 radical (unpaired) electrons. The molecule has 0 saturated carbocycles. The summed E-state index contributed by atoms with van der Waals surface area (Å²) in [6, 6.07) is 10.6. The van der Waals surface area contributed by atoms with Gasteiger partial charge < -0.3 is 10.5 Å². The second-order valence-electron chi connectivity index (χ2n) is 3.55. The Labute approximate surface area is 90.9 Å². The molecule has 0 aromatic heterocycles. The Morgan fingerprint density at radius 2 is 1.93 bits per heavy atom. The third-order valence-corrected chi connectivity index (χ3v) is 2.50. The van der Waals surface area contributed by atoms with Crippen molar-refractivity contribution < 1.29 is 4.74 Å². The predicted molar refractivity (Wildman–Crippen MR) is 59.6 cm³/mol. The number of ether oxygens (including phenoxy) is 1. The van der Waals surface area contributed by atoms with Crippen LogP contribution in [-0.4, -0.2) is 12.6 Å². The lowest BCUT2D eigenvalue weighted by Gasteiger charge is -2.27. The molecular weight excluding hydrogens is 198 g/mol. The molecule has 1 fully saturated rings. The zero-order valence-electron chi connectivity index (χ0n) is 8.06. The van der Waals surface area contributed by atoms with Crippen LogP contribution in [-0.2, 0) is 4.74 Å².